The fraction of sp³-hybridized carbons (Fsp3) is 0.292. The molecule has 0 saturated heterocycles. The van der Waals surface area contributed by atoms with Gasteiger partial charge >= 0.3 is 0 Å². The Labute approximate surface area is 184 Å². The number of anilines is 1. The molecule has 4 rings (SSSR count). The first kappa shape index (κ1) is 22.0. The van der Waals surface area contributed by atoms with Gasteiger partial charge in [-0.3, -0.25) is 9.78 Å². The van der Waals surface area contributed by atoms with Gasteiger partial charge in [0.25, 0.3) is 0 Å². The lowest BCUT2D eigenvalue weighted by molar-refractivity contribution is 0.0977. The van der Waals surface area contributed by atoms with Crippen molar-refractivity contribution in [2.45, 2.75) is 43.7 Å². The summed E-state index contributed by atoms with van der Waals surface area (Å²) in [6.45, 7) is 0. The summed E-state index contributed by atoms with van der Waals surface area (Å²) in [5.41, 5.74) is 13.5. The Balaban J connectivity index is 1.63. The molecule has 3 atom stereocenters. The third kappa shape index (κ3) is 4.37. The summed E-state index contributed by atoms with van der Waals surface area (Å²) in [7, 11) is 0. The Hall–Kier alpha value is -3.23. The largest absolute Gasteiger partial charge is 0.397 e. The van der Waals surface area contributed by atoms with Gasteiger partial charge in [-0.15, -0.1) is 0 Å². The second kappa shape index (κ2) is 9.10. The van der Waals surface area contributed by atoms with E-state index in [1.165, 1.54) is 18.2 Å². The molecule has 1 fully saturated rings. The molecule has 8 heteroatoms. The molecule has 0 spiro atoms. The number of aromatic nitrogens is 2. The summed E-state index contributed by atoms with van der Waals surface area (Å²) >= 11 is 0. The summed E-state index contributed by atoms with van der Waals surface area (Å²) in [6.07, 6.45) is 4.69. The maximum absolute atomic E-state index is 14.2. The summed E-state index contributed by atoms with van der Waals surface area (Å²) < 4.78 is 28.4. The number of halogens is 2. The topological polar surface area (TPSA) is 115 Å². The molecule has 2 heterocycles. The number of aliphatic hydroxyl groups is 1. The van der Waals surface area contributed by atoms with Gasteiger partial charge in [-0.25, -0.2) is 13.8 Å². The summed E-state index contributed by atoms with van der Waals surface area (Å²) in [4.78, 5) is 21.5. The van der Waals surface area contributed by atoms with Crippen molar-refractivity contribution in [1.29, 1.82) is 0 Å². The van der Waals surface area contributed by atoms with Crippen LogP contribution in [0.4, 0.5) is 14.5 Å². The van der Waals surface area contributed by atoms with Crippen LogP contribution in [0.5, 0.6) is 0 Å². The average molecular weight is 438 g/mol. The van der Waals surface area contributed by atoms with E-state index >= 15 is 0 Å². The Kier molecular flexibility index (Phi) is 6.25. The van der Waals surface area contributed by atoms with E-state index in [9.17, 15) is 18.7 Å². The molecule has 5 N–H and O–H groups in total. The molecule has 1 aromatic carbocycles. The van der Waals surface area contributed by atoms with E-state index in [-0.39, 0.29) is 46.8 Å². The average Bonchev–Trinajstić information content (AvgIpc) is 2.77. The van der Waals surface area contributed by atoms with Crippen LogP contribution in [0.2, 0.25) is 0 Å². The van der Waals surface area contributed by atoms with Crippen molar-refractivity contribution in [3.8, 4) is 11.3 Å². The highest BCUT2D eigenvalue weighted by Gasteiger charge is 2.29. The lowest BCUT2D eigenvalue weighted by Crippen LogP contribution is -2.39. The van der Waals surface area contributed by atoms with Gasteiger partial charge in [0.1, 0.15) is 17.3 Å². The van der Waals surface area contributed by atoms with Crippen molar-refractivity contribution >= 4 is 11.5 Å². The summed E-state index contributed by atoms with van der Waals surface area (Å²) in [6, 6.07) is 7.87. The van der Waals surface area contributed by atoms with Gasteiger partial charge in [0.15, 0.2) is 5.78 Å². The van der Waals surface area contributed by atoms with Gasteiger partial charge in [0, 0.05) is 24.9 Å². The number of nitrogens with two attached hydrogens (primary N) is 2. The lowest BCUT2D eigenvalue weighted by atomic mass is 9.78. The molecule has 2 aromatic heterocycles. The Bertz CT molecular complexity index is 1130. The molecule has 0 aliphatic heterocycles. The van der Waals surface area contributed by atoms with Crippen LogP contribution in [0, 0.1) is 11.6 Å². The summed E-state index contributed by atoms with van der Waals surface area (Å²) in [5.74, 6) is -1.82. The zero-order valence-electron chi connectivity index (χ0n) is 17.3. The first-order valence-corrected chi connectivity index (χ1v) is 10.5. The number of rotatable bonds is 5. The number of hydrogen-bond acceptors (Lipinski definition) is 6. The third-order valence-corrected chi connectivity index (χ3v) is 6.00. The number of aliphatic hydroxyl groups excluding tert-OH is 1. The van der Waals surface area contributed by atoms with Crippen molar-refractivity contribution in [1.82, 2.24) is 9.97 Å². The minimum absolute atomic E-state index is 0.00296. The molecule has 0 bridgehead atoms. The molecule has 166 valence electrons. The molecule has 6 nitrogen and oxygen atoms in total. The standard InChI is InChI=1S/C24H24F2N4O2/c25-16-2-1-3-17(26)23(16)20-6-5-18(27)24(30-20)22(32)11-14-12-29-9-8-15(14)13-4-7-21(31)19(28)10-13/h1-3,5-6,8-9,12-13,19,21,31H,4,7,10-11,27-28H2. The van der Waals surface area contributed by atoms with Gasteiger partial charge in [-0.1, -0.05) is 6.07 Å². The number of Topliss-reactive ketones (excluding diaryl/α,β-unsaturated/α-hetero) is 1. The molecule has 32 heavy (non-hydrogen) atoms. The van der Waals surface area contributed by atoms with E-state index in [0.29, 0.717) is 12.8 Å². The quantitative estimate of drug-likeness (QED) is 0.526. The summed E-state index contributed by atoms with van der Waals surface area (Å²) in [5, 5.41) is 9.93. The van der Waals surface area contributed by atoms with Gasteiger partial charge < -0.3 is 16.6 Å². The predicted molar refractivity (Wildman–Crippen MR) is 117 cm³/mol. The number of carbonyl (C=O) groups is 1. The number of carbonyl (C=O) groups excluding carboxylic acids is 1. The van der Waals surface area contributed by atoms with Crippen molar-refractivity contribution in [2.24, 2.45) is 5.73 Å². The monoisotopic (exact) mass is 438 g/mol. The Morgan fingerprint density at radius 3 is 2.59 bits per heavy atom. The Morgan fingerprint density at radius 2 is 1.88 bits per heavy atom. The lowest BCUT2D eigenvalue weighted by Gasteiger charge is -2.32. The number of benzene rings is 1. The smallest absolute Gasteiger partial charge is 0.187 e. The van der Waals surface area contributed by atoms with E-state index in [2.05, 4.69) is 9.97 Å². The highest BCUT2D eigenvalue weighted by Crippen LogP contribution is 2.34. The molecule has 1 saturated carbocycles. The SMILES string of the molecule is Nc1ccc(-c2c(F)cccc2F)nc1C(=O)Cc1cnccc1C1CCC(O)C(N)C1. The number of ketones is 1. The van der Waals surface area contributed by atoms with E-state index in [0.717, 1.165) is 29.7 Å². The normalized spacial score (nSPS) is 20.8. The van der Waals surface area contributed by atoms with E-state index in [1.807, 2.05) is 6.07 Å². The van der Waals surface area contributed by atoms with E-state index in [4.69, 9.17) is 11.5 Å². The van der Waals surface area contributed by atoms with Gasteiger partial charge in [0.05, 0.1) is 23.0 Å². The van der Waals surface area contributed by atoms with Crippen LogP contribution in [-0.2, 0) is 6.42 Å². The fourth-order valence-corrected chi connectivity index (χ4v) is 4.29. The van der Waals surface area contributed by atoms with Crippen LogP contribution in [0.15, 0.2) is 48.8 Å². The zero-order chi connectivity index (χ0) is 22.8. The predicted octanol–water partition coefficient (Wildman–Crippen LogP) is 3.39. The van der Waals surface area contributed by atoms with Crippen LogP contribution < -0.4 is 11.5 Å². The maximum atomic E-state index is 14.2. The highest BCUT2D eigenvalue weighted by molar-refractivity contribution is 6.00. The molecule has 3 unspecified atom stereocenters. The maximum Gasteiger partial charge on any atom is 0.187 e. The minimum atomic E-state index is -0.772. The fourth-order valence-electron chi connectivity index (χ4n) is 4.29. The highest BCUT2D eigenvalue weighted by atomic mass is 19.1. The van der Waals surface area contributed by atoms with Crippen LogP contribution >= 0.6 is 0 Å². The number of nitrogens with zero attached hydrogens (tertiary/aromatic N) is 2. The minimum Gasteiger partial charge on any atom is -0.397 e. The van der Waals surface area contributed by atoms with Gasteiger partial charge in [0.2, 0.25) is 0 Å². The van der Waals surface area contributed by atoms with Crippen LogP contribution in [-0.4, -0.2) is 33.0 Å². The van der Waals surface area contributed by atoms with E-state index in [1.54, 1.807) is 12.4 Å². The van der Waals surface area contributed by atoms with Gasteiger partial charge in [-0.05, 0) is 66.6 Å². The van der Waals surface area contributed by atoms with Crippen molar-refractivity contribution < 1.29 is 18.7 Å². The van der Waals surface area contributed by atoms with Gasteiger partial charge in [-0.2, -0.15) is 0 Å². The molecule has 0 radical (unpaired) electrons. The van der Waals surface area contributed by atoms with Crippen molar-refractivity contribution in [3.63, 3.8) is 0 Å². The molecule has 1 aliphatic rings. The first-order chi connectivity index (χ1) is 15.3. The molecule has 3 aromatic rings. The van der Waals surface area contributed by atoms with Crippen LogP contribution in [0.25, 0.3) is 11.3 Å². The molecular weight excluding hydrogens is 414 g/mol. The second-order valence-corrected chi connectivity index (χ2v) is 8.15. The number of nitrogen functional groups attached to an aromatic ring is 1. The molecule has 0 amide bonds. The van der Waals surface area contributed by atoms with Crippen molar-refractivity contribution in [2.75, 3.05) is 5.73 Å². The second-order valence-electron chi connectivity index (χ2n) is 8.15. The van der Waals surface area contributed by atoms with Crippen LogP contribution in [0.3, 0.4) is 0 Å². The number of hydrogen-bond donors (Lipinski definition) is 3. The van der Waals surface area contributed by atoms with Crippen molar-refractivity contribution in [3.05, 3.63) is 77.2 Å². The third-order valence-electron chi connectivity index (χ3n) is 6.00. The van der Waals surface area contributed by atoms with Crippen LogP contribution in [0.1, 0.15) is 46.8 Å². The van der Waals surface area contributed by atoms with E-state index < -0.39 is 17.7 Å². The first-order valence-electron chi connectivity index (χ1n) is 10.5. The molecule has 1 aliphatic carbocycles. The zero-order valence-corrected chi connectivity index (χ0v) is 17.3. The molecular formula is C24H24F2N4O2. The number of pyridine rings is 2. The Morgan fingerprint density at radius 1 is 1.12 bits per heavy atom.